The molecule has 0 saturated carbocycles. The molecule has 7 nitrogen and oxygen atoms in total. The molecule has 0 bridgehead atoms. The third-order valence-corrected chi connectivity index (χ3v) is 3.09. The number of nitrogens with zero attached hydrogens (tertiary/aromatic N) is 3. The number of rotatable bonds is 5. The van der Waals surface area contributed by atoms with Crippen molar-refractivity contribution in [1.82, 2.24) is 20.8 Å². The van der Waals surface area contributed by atoms with Crippen molar-refractivity contribution < 1.29 is 9.53 Å². The van der Waals surface area contributed by atoms with Gasteiger partial charge in [-0.1, -0.05) is 0 Å². The van der Waals surface area contributed by atoms with Crippen LogP contribution in [0.2, 0.25) is 0 Å². The number of morpholine rings is 1. The Morgan fingerprint density at radius 2 is 2.40 bits per heavy atom. The molecule has 1 aliphatic heterocycles. The molecule has 1 aromatic heterocycles. The van der Waals surface area contributed by atoms with Gasteiger partial charge in [-0.2, -0.15) is 0 Å². The van der Waals surface area contributed by atoms with Crippen LogP contribution in [0.25, 0.3) is 0 Å². The average molecular weight is 279 g/mol. The van der Waals surface area contributed by atoms with Crippen molar-refractivity contribution >= 4 is 11.7 Å². The van der Waals surface area contributed by atoms with E-state index in [1.54, 1.807) is 12.1 Å². The van der Waals surface area contributed by atoms with E-state index in [0.29, 0.717) is 12.2 Å². The normalized spacial score (nSPS) is 18.6. The molecule has 110 valence electrons. The molecule has 1 saturated heterocycles. The highest BCUT2D eigenvalue weighted by Gasteiger charge is 2.17. The lowest BCUT2D eigenvalue weighted by atomic mass is 10.3. The maximum absolute atomic E-state index is 11.6. The van der Waals surface area contributed by atoms with Crippen molar-refractivity contribution in [1.29, 1.82) is 0 Å². The standard InChI is InChI=1S/C13H21N5O2/c1-3-15-13(19)11-4-5-12(17-16-11)18(2)9-10-8-14-6-7-20-10/h4-5,10,14H,3,6-9H2,1-2H3,(H,15,19). The number of anilines is 1. The lowest BCUT2D eigenvalue weighted by molar-refractivity contribution is 0.0339. The average Bonchev–Trinajstić information content (AvgIpc) is 2.48. The minimum Gasteiger partial charge on any atom is -0.374 e. The van der Waals surface area contributed by atoms with Crippen molar-refractivity contribution in [3.63, 3.8) is 0 Å². The molecule has 2 heterocycles. The SMILES string of the molecule is CCNC(=O)c1ccc(N(C)CC2CNCCO2)nn1. The molecule has 7 heteroatoms. The van der Waals surface area contributed by atoms with Gasteiger partial charge in [0.05, 0.1) is 12.7 Å². The lowest BCUT2D eigenvalue weighted by Crippen LogP contribution is -2.44. The van der Waals surface area contributed by atoms with Crippen molar-refractivity contribution in [3.8, 4) is 0 Å². The van der Waals surface area contributed by atoms with Gasteiger partial charge < -0.3 is 20.3 Å². The largest absolute Gasteiger partial charge is 0.374 e. The summed E-state index contributed by atoms with van der Waals surface area (Å²) in [6, 6.07) is 3.48. The second-order valence-electron chi connectivity index (χ2n) is 4.71. The highest BCUT2D eigenvalue weighted by molar-refractivity contribution is 5.92. The van der Waals surface area contributed by atoms with Gasteiger partial charge in [0.1, 0.15) is 0 Å². The lowest BCUT2D eigenvalue weighted by Gasteiger charge is -2.28. The molecule has 1 fully saturated rings. The van der Waals surface area contributed by atoms with E-state index in [0.717, 1.165) is 32.1 Å². The molecule has 0 radical (unpaired) electrons. The molecule has 0 aliphatic carbocycles. The molecular weight excluding hydrogens is 258 g/mol. The second-order valence-corrected chi connectivity index (χ2v) is 4.71. The number of aromatic nitrogens is 2. The van der Waals surface area contributed by atoms with E-state index in [9.17, 15) is 4.79 Å². The van der Waals surface area contributed by atoms with Gasteiger partial charge in [-0.05, 0) is 19.1 Å². The van der Waals surface area contributed by atoms with Gasteiger partial charge in [0.2, 0.25) is 0 Å². The number of ether oxygens (including phenoxy) is 1. The highest BCUT2D eigenvalue weighted by Crippen LogP contribution is 2.09. The summed E-state index contributed by atoms with van der Waals surface area (Å²) in [7, 11) is 1.94. The Labute approximate surface area is 118 Å². The zero-order valence-corrected chi connectivity index (χ0v) is 11.9. The van der Waals surface area contributed by atoms with E-state index in [-0.39, 0.29) is 12.0 Å². The van der Waals surface area contributed by atoms with E-state index in [4.69, 9.17) is 4.74 Å². The van der Waals surface area contributed by atoms with Crippen LogP contribution < -0.4 is 15.5 Å². The Morgan fingerprint density at radius 3 is 3.00 bits per heavy atom. The zero-order valence-electron chi connectivity index (χ0n) is 11.9. The van der Waals surface area contributed by atoms with Gasteiger partial charge >= 0.3 is 0 Å². The fourth-order valence-electron chi connectivity index (χ4n) is 2.04. The molecule has 1 aromatic rings. The molecular formula is C13H21N5O2. The summed E-state index contributed by atoms with van der Waals surface area (Å²) in [5.74, 6) is 0.529. The van der Waals surface area contributed by atoms with Crippen molar-refractivity contribution in [3.05, 3.63) is 17.8 Å². The molecule has 1 amide bonds. The first-order valence-electron chi connectivity index (χ1n) is 6.86. The highest BCUT2D eigenvalue weighted by atomic mass is 16.5. The summed E-state index contributed by atoms with van der Waals surface area (Å²) in [6.45, 7) is 5.67. The number of nitrogens with one attached hydrogen (secondary N) is 2. The minimum absolute atomic E-state index is 0.151. The first kappa shape index (κ1) is 14.7. The van der Waals surface area contributed by atoms with Crippen LogP contribution in [0.5, 0.6) is 0 Å². The monoisotopic (exact) mass is 279 g/mol. The van der Waals surface area contributed by atoms with Gasteiger partial charge in [0.25, 0.3) is 5.91 Å². The summed E-state index contributed by atoms with van der Waals surface area (Å²) in [6.07, 6.45) is 0.151. The molecule has 1 atom stereocenters. The number of likely N-dealkylation sites (N-methyl/N-ethyl adjacent to an activating group) is 1. The van der Waals surface area contributed by atoms with Gasteiger partial charge in [0, 0.05) is 33.2 Å². The first-order chi connectivity index (χ1) is 9.70. The Hall–Kier alpha value is -1.73. The van der Waals surface area contributed by atoms with Crippen LogP contribution in [-0.2, 0) is 4.74 Å². The third-order valence-electron chi connectivity index (χ3n) is 3.09. The van der Waals surface area contributed by atoms with Gasteiger partial charge in [-0.3, -0.25) is 4.79 Å². The zero-order chi connectivity index (χ0) is 14.4. The van der Waals surface area contributed by atoms with Crippen molar-refractivity contribution in [2.45, 2.75) is 13.0 Å². The number of hydrogen-bond acceptors (Lipinski definition) is 6. The Balaban J connectivity index is 1.92. The predicted octanol–water partition coefficient (Wildman–Crippen LogP) is -0.349. The van der Waals surface area contributed by atoms with Gasteiger partial charge in [0.15, 0.2) is 11.5 Å². The molecule has 0 aromatic carbocycles. The molecule has 1 unspecified atom stereocenters. The number of carbonyl (C=O) groups excluding carboxylic acids is 1. The molecule has 2 N–H and O–H groups in total. The van der Waals surface area contributed by atoms with E-state index < -0.39 is 0 Å². The van der Waals surface area contributed by atoms with Crippen LogP contribution in [0.4, 0.5) is 5.82 Å². The third kappa shape index (κ3) is 3.88. The van der Waals surface area contributed by atoms with Crippen molar-refractivity contribution in [2.24, 2.45) is 0 Å². The topological polar surface area (TPSA) is 79.4 Å². The Kier molecular flexibility index (Phi) is 5.25. The Bertz CT molecular complexity index is 431. The summed E-state index contributed by atoms with van der Waals surface area (Å²) >= 11 is 0. The molecule has 0 spiro atoms. The fourth-order valence-corrected chi connectivity index (χ4v) is 2.04. The van der Waals surface area contributed by atoms with Crippen LogP contribution in [0.15, 0.2) is 12.1 Å². The minimum atomic E-state index is -0.200. The molecule has 20 heavy (non-hydrogen) atoms. The van der Waals surface area contributed by atoms with E-state index in [1.165, 1.54) is 0 Å². The Morgan fingerprint density at radius 1 is 1.55 bits per heavy atom. The quantitative estimate of drug-likeness (QED) is 0.767. The van der Waals surface area contributed by atoms with Crippen LogP contribution in [-0.4, -0.2) is 62.0 Å². The maximum Gasteiger partial charge on any atom is 0.271 e. The first-order valence-corrected chi connectivity index (χ1v) is 6.86. The van der Waals surface area contributed by atoms with E-state index >= 15 is 0 Å². The van der Waals surface area contributed by atoms with Crippen LogP contribution in [0.3, 0.4) is 0 Å². The second kappa shape index (κ2) is 7.16. The van der Waals surface area contributed by atoms with Crippen molar-refractivity contribution in [2.75, 3.05) is 44.7 Å². The number of amides is 1. The molecule has 2 rings (SSSR count). The van der Waals surface area contributed by atoms with Crippen LogP contribution >= 0.6 is 0 Å². The summed E-state index contributed by atoms with van der Waals surface area (Å²) in [5.41, 5.74) is 0.333. The summed E-state index contributed by atoms with van der Waals surface area (Å²) in [5, 5.41) is 14.0. The number of hydrogen-bond donors (Lipinski definition) is 2. The molecule has 1 aliphatic rings. The summed E-state index contributed by atoms with van der Waals surface area (Å²) < 4.78 is 5.65. The van der Waals surface area contributed by atoms with Gasteiger partial charge in [-0.15, -0.1) is 10.2 Å². The number of carbonyl (C=O) groups is 1. The predicted molar refractivity (Wildman–Crippen MR) is 75.9 cm³/mol. The van der Waals surface area contributed by atoms with E-state index in [1.807, 2.05) is 18.9 Å². The van der Waals surface area contributed by atoms with Crippen LogP contribution in [0.1, 0.15) is 17.4 Å². The van der Waals surface area contributed by atoms with Crippen LogP contribution in [0, 0.1) is 0 Å². The fraction of sp³-hybridized carbons (Fsp3) is 0.615. The van der Waals surface area contributed by atoms with Gasteiger partial charge in [-0.25, -0.2) is 0 Å². The maximum atomic E-state index is 11.6. The smallest absolute Gasteiger partial charge is 0.271 e. The van der Waals surface area contributed by atoms with E-state index in [2.05, 4.69) is 20.8 Å². The summed E-state index contributed by atoms with van der Waals surface area (Å²) in [4.78, 5) is 13.6.